The lowest BCUT2D eigenvalue weighted by Gasteiger charge is -2.37. The van der Waals surface area contributed by atoms with Gasteiger partial charge < -0.3 is 9.47 Å². The van der Waals surface area contributed by atoms with Crippen molar-refractivity contribution in [2.75, 3.05) is 26.1 Å². The molecule has 0 aliphatic carbocycles. The number of halogens is 1. The van der Waals surface area contributed by atoms with Gasteiger partial charge in [0.05, 0.1) is 26.1 Å². The fourth-order valence-electron chi connectivity index (χ4n) is 1.16. The maximum Gasteiger partial charge on any atom is 0.317 e. The van der Waals surface area contributed by atoms with E-state index in [4.69, 9.17) is 15.4 Å². The molecule has 0 amide bonds. The Balaban J connectivity index is 2.77. The summed E-state index contributed by atoms with van der Waals surface area (Å²) in [4.78, 5) is 11.2. The number of hydrogen-bond donors (Lipinski definition) is 0. The van der Waals surface area contributed by atoms with E-state index in [1.165, 1.54) is 7.11 Å². The van der Waals surface area contributed by atoms with Crippen molar-refractivity contribution in [3.8, 4) is 0 Å². The van der Waals surface area contributed by atoms with E-state index in [1.807, 2.05) is 0 Å². The number of carbonyl (C=O) groups is 1. The second-order valence-electron chi connectivity index (χ2n) is 2.95. The second-order valence-corrected chi connectivity index (χ2v) is 5.72. The molecule has 1 saturated heterocycles. The number of esters is 1. The highest BCUT2D eigenvalue weighted by Crippen LogP contribution is 2.31. The van der Waals surface area contributed by atoms with E-state index in [9.17, 15) is 13.2 Å². The van der Waals surface area contributed by atoms with E-state index in [0.29, 0.717) is 0 Å². The standard InChI is InChI=1S/C6H9ClO5S/c1-11-5(8)6(2-12-3-6)4-13(7,9)10/h2-4H2,1H3. The van der Waals surface area contributed by atoms with Crippen LogP contribution in [0.3, 0.4) is 0 Å². The number of carbonyl (C=O) groups excluding carboxylic acids is 1. The highest BCUT2D eigenvalue weighted by atomic mass is 35.7. The number of hydrogen-bond acceptors (Lipinski definition) is 5. The van der Waals surface area contributed by atoms with Crippen LogP contribution in [0, 0.1) is 5.41 Å². The SMILES string of the molecule is COC(=O)C1(CS(=O)(=O)Cl)COC1. The molecule has 7 heteroatoms. The number of methoxy groups -OCH3 is 1. The lowest BCUT2D eigenvalue weighted by Crippen LogP contribution is -2.53. The van der Waals surface area contributed by atoms with Crippen molar-refractivity contribution in [1.82, 2.24) is 0 Å². The fraction of sp³-hybridized carbons (Fsp3) is 0.833. The third kappa shape index (κ3) is 2.32. The van der Waals surface area contributed by atoms with Crippen molar-refractivity contribution in [2.24, 2.45) is 5.41 Å². The molecule has 0 saturated carbocycles. The zero-order valence-corrected chi connectivity index (χ0v) is 8.52. The Morgan fingerprint density at radius 1 is 1.62 bits per heavy atom. The molecular weight excluding hydrogens is 220 g/mol. The molecule has 0 aromatic rings. The van der Waals surface area contributed by atoms with Crippen LogP contribution >= 0.6 is 10.7 Å². The molecule has 0 atom stereocenters. The smallest absolute Gasteiger partial charge is 0.317 e. The Bertz CT molecular complexity index is 305. The molecule has 1 fully saturated rings. The molecule has 76 valence electrons. The van der Waals surface area contributed by atoms with Crippen LogP contribution in [-0.4, -0.2) is 40.5 Å². The van der Waals surface area contributed by atoms with Crippen LogP contribution in [-0.2, 0) is 23.3 Å². The minimum atomic E-state index is -3.71. The molecule has 0 aromatic carbocycles. The van der Waals surface area contributed by atoms with Gasteiger partial charge in [-0.2, -0.15) is 0 Å². The Hall–Kier alpha value is -0.330. The largest absolute Gasteiger partial charge is 0.468 e. The quantitative estimate of drug-likeness (QED) is 0.492. The lowest BCUT2D eigenvalue weighted by molar-refractivity contribution is -0.178. The Kier molecular flexibility index (Phi) is 2.84. The molecule has 0 N–H and O–H groups in total. The van der Waals surface area contributed by atoms with E-state index < -0.39 is 26.2 Å². The lowest BCUT2D eigenvalue weighted by atomic mass is 9.89. The van der Waals surface area contributed by atoms with Crippen LogP contribution in [0.1, 0.15) is 0 Å². The van der Waals surface area contributed by atoms with Gasteiger partial charge in [0.2, 0.25) is 9.05 Å². The summed E-state index contributed by atoms with van der Waals surface area (Å²) in [6.45, 7) is 0.0945. The van der Waals surface area contributed by atoms with Crippen molar-refractivity contribution >= 4 is 25.7 Å². The second kappa shape index (κ2) is 3.43. The topological polar surface area (TPSA) is 69.7 Å². The van der Waals surface area contributed by atoms with Crippen LogP contribution in [0.5, 0.6) is 0 Å². The summed E-state index contributed by atoms with van der Waals surface area (Å²) in [6, 6.07) is 0. The Labute approximate surface area is 80.4 Å². The normalized spacial score (nSPS) is 20.5. The van der Waals surface area contributed by atoms with E-state index >= 15 is 0 Å². The first-order valence-electron chi connectivity index (χ1n) is 3.48. The van der Waals surface area contributed by atoms with Gasteiger partial charge in [0.15, 0.2) is 0 Å². The molecule has 1 aliphatic heterocycles. The molecule has 0 bridgehead atoms. The zero-order valence-electron chi connectivity index (χ0n) is 6.95. The first kappa shape index (κ1) is 10.7. The molecule has 1 aliphatic rings. The molecule has 13 heavy (non-hydrogen) atoms. The predicted molar refractivity (Wildman–Crippen MR) is 44.9 cm³/mol. The van der Waals surface area contributed by atoms with E-state index in [0.717, 1.165) is 0 Å². The van der Waals surface area contributed by atoms with Crippen molar-refractivity contribution in [2.45, 2.75) is 0 Å². The number of ether oxygens (including phenoxy) is 2. The van der Waals surface area contributed by atoms with E-state index in [1.54, 1.807) is 0 Å². The van der Waals surface area contributed by atoms with Gasteiger partial charge >= 0.3 is 5.97 Å². The van der Waals surface area contributed by atoms with Crippen molar-refractivity contribution in [1.29, 1.82) is 0 Å². The van der Waals surface area contributed by atoms with Gasteiger partial charge in [-0.25, -0.2) is 8.42 Å². The van der Waals surface area contributed by atoms with Crippen LogP contribution in [0.2, 0.25) is 0 Å². The summed E-state index contributed by atoms with van der Waals surface area (Å²) < 4.78 is 30.8. The average molecular weight is 229 g/mol. The molecule has 5 nitrogen and oxygen atoms in total. The molecule has 1 heterocycles. The van der Waals surface area contributed by atoms with Crippen LogP contribution in [0.4, 0.5) is 0 Å². The molecular formula is C6H9ClO5S. The fourth-order valence-corrected chi connectivity index (χ4v) is 2.73. The predicted octanol–water partition coefficient (Wildman–Crippen LogP) is -0.255. The molecule has 0 radical (unpaired) electrons. The monoisotopic (exact) mass is 228 g/mol. The summed E-state index contributed by atoms with van der Waals surface area (Å²) in [5.74, 6) is -1.03. The minimum Gasteiger partial charge on any atom is -0.468 e. The third-order valence-electron chi connectivity index (χ3n) is 1.82. The first-order valence-corrected chi connectivity index (χ1v) is 5.96. The Morgan fingerprint density at radius 2 is 2.15 bits per heavy atom. The number of rotatable bonds is 3. The highest BCUT2D eigenvalue weighted by molar-refractivity contribution is 8.13. The Morgan fingerprint density at radius 3 is 2.38 bits per heavy atom. The molecule has 1 rings (SSSR count). The van der Waals surface area contributed by atoms with Crippen molar-refractivity contribution < 1.29 is 22.7 Å². The van der Waals surface area contributed by atoms with Gasteiger partial charge in [0, 0.05) is 10.7 Å². The maximum atomic E-state index is 11.2. The molecule has 0 aromatic heterocycles. The first-order chi connectivity index (χ1) is 5.90. The van der Waals surface area contributed by atoms with Crippen molar-refractivity contribution in [3.63, 3.8) is 0 Å². The molecule has 0 spiro atoms. The summed E-state index contributed by atoms with van der Waals surface area (Å²) in [5, 5.41) is 0. The minimum absolute atomic E-state index is 0.0472. The maximum absolute atomic E-state index is 11.2. The van der Waals surface area contributed by atoms with E-state index in [2.05, 4.69) is 4.74 Å². The van der Waals surface area contributed by atoms with Gasteiger partial charge in [-0.15, -0.1) is 0 Å². The van der Waals surface area contributed by atoms with Gasteiger partial charge in [-0.3, -0.25) is 4.79 Å². The van der Waals surface area contributed by atoms with Gasteiger partial charge in [-0.1, -0.05) is 0 Å². The van der Waals surface area contributed by atoms with Crippen molar-refractivity contribution in [3.05, 3.63) is 0 Å². The summed E-state index contributed by atoms with van der Waals surface area (Å²) in [5.41, 5.74) is -1.09. The van der Waals surface area contributed by atoms with Gasteiger partial charge in [0.25, 0.3) is 0 Å². The van der Waals surface area contributed by atoms with Gasteiger partial charge in [-0.05, 0) is 0 Å². The zero-order chi connectivity index (χ0) is 10.1. The van der Waals surface area contributed by atoms with Crippen LogP contribution in [0.15, 0.2) is 0 Å². The van der Waals surface area contributed by atoms with Crippen LogP contribution < -0.4 is 0 Å². The third-order valence-corrected chi connectivity index (χ3v) is 3.05. The van der Waals surface area contributed by atoms with E-state index in [-0.39, 0.29) is 13.2 Å². The average Bonchev–Trinajstić information content (AvgIpc) is 1.93. The summed E-state index contributed by atoms with van der Waals surface area (Å²) >= 11 is 0. The summed E-state index contributed by atoms with van der Waals surface area (Å²) in [6.07, 6.45) is 0. The van der Waals surface area contributed by atoms with Crippen LogP contribution in [0.25, 0.3) is 0 Å². The highest BCUT2D eigenvalue weighted by Gasteiger charge is 2.50. The molecule has 0 unspecified atom stereocenters. The van der Waals surface area contributed by atoms with Gasteiger partial charge in [0.1, 0.15) is 5.41 Å². The summed E-state index contributed by atoms with van der Waals surface area (Å²) in [7, 11) is 2.53.